The topological polar surface area (TPSA) is 42.0 Å². The van der Waals surface area contributed by atoms with Crippen LogP contribution < -0.4 is 5.32 Å². The number of carbonyl (C=O) groups is 1. The number of carbonyl (C=O) groups excluding carboxylic acids is 1. The van der Waals surface area contributed by atoms with Crippen molar-refractivity contribution in [2.45, 2.75) is 0 Å². The minimum atomic E-state index is 0.0446. The van der Waals surface area contributed by atoms with E-state index in [2.05, 4.69) is 26.2 Å². The third-order valence-electron chi connectivity index (χ3n) is 2.26. The van der Waals surface area contributed by atoms with Crippen LogP contribution in [0.5, 0.6) is 0 Å². The number of ketones is 1. The standard InChI is InChI=1S/C13H11BrN2O/c14-11-6-4-10(5-7-11)12(17)9-16-13-3-1-2-8-15-13/h1-8H,9H2,(H,15,16). The Morgan fingerprint density at radius 1 is 1.18 bits per heavy atom. The normalized spacial score (nSPS) is 9.94. The van der Waals surface area contributed by atoms with Crippen LogP contribution in [0, 0.1) is 0 Å². The van der Waals surface area contributed by atoms with Crippen molar-refractivity contribution in [3.8, 4) is 0 Å². The number of benzene rings is 1. The zero-order valence-electron chi connectivity index (χ0n) is 9.06. The van der Waals surface area contributed by atoms with Gasteiger partial charge >= 0.3 is 0 Å². The Morgan fingerprint density at radius 2 is 1.94 bits per heavy atom. The van der Waals surface area contributed by atoms with Crippen molar-refractivity contribution in [1.82, 2.24) is 4.98 Å². The van der Waals surface area contributed by atoms with E-state index in [9.17, 15) is 4.79 Å². The van der Waals surface area contributed by atoms with Crippen LogP contribution in [0.3, 0.4) is 0 Å². The van der Waals surface area contributed by atoms with Crippen LogP contribution >= 0.6 is 15.9 Å². The van der Waals surface area contributed by atoms with Crippen molar-refractivity contribution in [2.75, 3.05) is 11.9 Å². The summed E-state index contributed by atoms with van der Waals surface area (Å²) in [4.78, 5) is 15.9. The number of anilines is 1. The van der Waals surface area contributed by atoms with Gasteiger partial charge in [0.1, 0.15) is 5.82 Å². The summed E-state index contributed by atoms with van der Waals surface area (Å²) < 4.78 is 0.965. The van der Waals surface area contributed by atoms with Crippen molar-refractivity contribution < 1.29 is 4.79 Å². The van der Waals surface area contributed by atoms with Gasteiger partial charge in [-0.05, 0) is 24.3 Å². The van der Waals surface area contributed by atoms with Crippen LogP contribution in [-0.2, 0) is 0 Å². The average Bonchev–Trinajstić information content (AvgIpc) is 2.38. The molecule has 86 valence electrons. The molecule has 17 heavy (non-hydrogen) atoms. The fraction of sp³-hybridized carbons (Fsp3) is 0.0769. The van der Waals surface area contributed by atoms with Crippen LogP contribution in [0.15, 0.2) is 53.1 Å². The van der Waals surface area contributed by atoms with Crippen LogP contribution in [0.4, 0.5) is 5.82 Å². The van der Waals surface area contributed by atoms with Gasteiger partial charge in [-0.1, -0.05) is 34.1 Å². The number of Topliss-reactive ketones (excluding diaryl/α,β-unsaturated/α-hetero) is 1. The summed E-state index contributed by atoms with van der Waals surface area (Å²) in [6.45, 7) is 0.249. The third-order valence-corrected chi connectivity index (χ3v) is 2.79. The van der Waals surface area contributed by atoms with E-state index in [-0.39, 0.29) is 12.3 Å². The van der Waals surface area contributed by atoms with Gasteiger partial charge in [-0.3, -0.25) is 4.79 Å². The van der Waals surface area contributed by atoms with E-state index in [0.717, 1.165) is 4.47 Å². The summed E-state index contributed by atoms with van der Waals surface area (Å²) in [5.41, 5.74) is 0.691. The van der Waals surface area contributed by atoms with Gasteiger partial charge in [0.05, 0.1) is 6.54 Å². The SMILES string of the molecule is O=C(CNc1ccccn1)c1ccc(Br)cc1. The minimum Gasteiger partial charge on any atom is -0.363 e. The smallest absolute Gasteiger partial charge is 0.181 e. The van der Waals surface area contributed by atoms with Crippen molar-refractivity contribution >= 4 is 27.5 Å². The lowest BCUT2D eigenvalue weighted by molar-refractivity contribution is 0.101. The number of rotatable bonds is 4. The average molecular weight is 291 g/mol. The lowest BCUT2D eigenvalue weighted by Crippen LogP contribution is -2.14. The predicted molar refractivity (Wildman–Crippen MR) is 71.2 cm³/mol. The van der Waals surface area contributed by atoms with Gasteiger partial charge in [0.2, 0.25) is 0 Å². The highest BCUT2D eigenvalue weighted by atomic mass is 79.9. The predicted octanol–water partition coefficient (Wildman–Crippen LogP) is 3.14. The van der Waals surface area contributed by atoms with E-state index in [1.807, 2.05) is 30.3 Å². The van der Waals surface area contributed by atoms with E-state index in [4.69, 9.17) is 0 Å². The lowest BCUT2D eigenvalue weighted by atomic mass is 10.1. The summed E-state index contributed by atoms with van der Waals surface area (Å²) in [6.07, 6.45) is 1.69. The second-order valence-corrected chi connectivity index (χ2v) is 4.41. The van der Waals surface area contributed by atoms with Crippen molar-refractivity contribution in [2.24, 2.45) is 0 Å². The molecule has 3 nitrogen and oxygen atoms in total. The van der Waals surface area contributed by atoms with E-state index < -0.39 is 0 Å². The first-order valence-corrected chi connectivity index (χ1v) is 5.99. The zero-order chi connectivity index (χ0) is 12.1. The molecule has 1 N–H and O–H groups in total. The molecule has 0 saturated heterocycles. The van der Waals surface area contributed by atoms with Gasteiger partial charge in [-0.2, -0.15) is 0 Å². The first-order valence-electron chi connectivity index (χ1n) is 5.19. The molecule has 2 rings (SSSR count). The molecule has 0 aliphatic heterocycles. The molecule has 0 amide bonds. The van der Waals surface area contributed by atoms with Crippen LogP contribution in [0.1, 0.15) is 10.4 Å². The van der Waals surface area contributed by atoms with Crippen LogP contribution in [0.2, 0.25) is 0 Å². The number of nitrogens with one attached hydrogen (secondary N) is 1. The van der Waals surface area contributed by atoms with E-state index in [0.29, 0.717) is 11.4 Å². The molecule has 1 heterocycles. The molecule has 0 unspecified atom stereocenters. The Hall–Kier alpha value is -1.68. The summed E-state index contributed by atoms with van der Waals surface area (Å²) in [5.74, 6) is 0.751. The van der Waals surface area contributed by atoms with Gasteiger partial charge in [0.25, 0.3) is 0 Å². The molecule has 0 aliphatic carbocycles. The maximum absolute atomic E-state index is 11.8. The fourth-order valence-electron chi connectivity index (χ4n) is 1.38. The summed E-state index contributed by atoms with van der Waals surface area (Å²) in [7, 11) is 0. The zero-order valence-corrected chi connectivity index (χ0v) is 10.6. The number of pyridine rings is 1. The maximum Gasteiger partial charge on any atom is 0.181 e. The molecule has 0 bridgehead atoms. The molecule has 1 aromatic carbocycles. The second kappa shape index (κ2) is 5.59. The van der Waals surface area contributed by atoms with Crippen LogP contribution in [0.25, 0.3) is 0 Å². The van der Waals surface area contributed by atoms with E-state index >= 15 is 0 Å². The van der Waals surface area contributed by atoms with E-state index in [1.165, 1.54) is 0 Å². The molecule has 0 fully saturated rings. The lowest BCUT2D eigenvalue weighted by Gasteiger charge is -2.04. The van der Waals surface area contributed by atoms with Crippen LogP contribution in [-0.4, -0.2) is 17.3 Å². The number of aromatic nitrogens is 1. The summed E-state index contributed by atoms with van der Waals surface area (Å²) >= 11 is 3.33. The molecule has 0 saturated carbocycles. The van der Waals surface area contributed by atoms with Gasteiger partial charge in [-0.25, -0.2) is 4.98 Å². The van der Waals surface area contributed by atoms with Crippen molar-refractivity contribution in [3.05, 3.63) is 58.7 Å². The Bertz CT molecular complexity index is 497. The Labute approximate surface area is 108 Å². The van der Waals surface area contributed by atoms with Crippen molar-refractivity contribution in [3.63, 3.8) is 0 Å². The number of hydrogen-bond acceptors (Lipinski definition) is 3. The molecular formula is C13H11BrN2O. The van der Waals surface area contributed by atoms with Gasteiger partial charge in [-0.15, -0.1) is 0 Å². The Balaban J connectivity index is 1.96. The first kappa shape index (κ1) is 11.8. The third kappa shape index (κ3) is 3.39. The monoisotopic (exact) mass is 290 g/mol. The highest BCUT2D eigenvalue weighted by Crippen LogP contribution is 2.11. The fourth-order valence-corrected chi connectivity index (χ4v) is 1.64. The molecule has 2 aromatic rings. The number of halogens is 1. The molecule has 0 atom stereocenters. The molecule has 0 spiro atoms. The molecule has 1 aromatic heterocycles. The highest BCUT2D eigenvalue weighted by Gasteiger charge is 2.05. The van der Waals surface area contributed by atoms with Gasteiger partial charge < -0.3 is 5.32 Å². The van der Waals surface area contributed by atoms with Gasteiger partial charge in [0, 0.05) is 16.2 Å². The Kier molecular flexibility index (Phi) is 3.88. The molecule has 4 heteroatoms. The largest absolute Gasteiger partial charge is 0.363 e. The maximum atomic E-state index is 11.8. The van der Waals surface area contributed by atoms with Crippen molar-refractivity contribution in [1.29, 1.82) is 0 Å². The quantitative estimate of drug-likeness (QED) is 0.880. The molecular weight excluding hydrogens is 280 g/mol. The Morgan fingerprint density at radius 3 is 2.59 bits per heavy atom. The first-order chi connectivity index (χ1) is 8.25. The van der Waals surface area contributed by atoms with E-state index in [1.54, 1.807) is 18.3 Å². The number of nitrogens with zero attached hydrogens (tertiary/aromatic N) is 1. The molecule has 0 radical (unpaired) electrons. The number of hydrogen-bond donors (Lipinski definition) is 1. The molecule has 0 aliphatic rings. The van der Waals surface area contributed by atoms with Gasteiger partial charge in [0.15, 0.2) is 5.78 Å². The minimum absolute atomic E-state index is 0.0446. The second-order valence-electron chi connectivity index (χ2n) is 3.50. The highest BCUT2D eigenvalue weighted by molar-refractivity contribution is 9.10. The summed E-state index contributed by atoms with van der Waals surface area (Å²) in [6, 6.07) is 12.8. The summed E-state index contributed by atoms with van der Waals surface area (Å²) in [5, 5.41) is 2.99.